The lowest BCUT2D eigenvalue weighted by Gasteiger charge is -2.11. The molecule has 150 valence electrons. The average molecular weight is 537 g/mol. The Kier molecular flexibility index (Phi) is 6.61. The number of halogens is 2. The molecule has 0 fully saturated rings. The number of aryl methyl sites for hydroxylation is 3. The molecule has 29 heavy (non-hydrogen) atoms. The van der Waals surface area contributed by atoms with Gasteiger partial charge in [-0.1, -0.05) is 35.4 Å². The molecule has 4 nitrogen and oxygen atoms in total. The third-order valence-electron chi connectivity index (χ3n) is 4.23. The first-order chi connectivity index (χ1) is 13.7. The Hall–Kier alpha value is -1.96. The van der Waals surface area contributed by atoms with Crippen molar-refractivity contribution < 1.29 is 12.6 Å². The second-order valence-electron chi connectivity index (χ2n) is 6.71. The molecule has 0 saturated heterocycles. The third kappa shape index (κ3) is 5.35. The molecular formula is C22H19Br2NO3S. The van der Waals surface area contributed by atoms with Crippen molar-refractivity contribution in [3.05, 3.63) is 85.8 Å². The van der Waals surface area contributed by atoms with Crippen molar-refractivity contribution >= 4 is 53.9 Å². The Balaban J connectivity index is 1.87. The lowest BCUT2D eigenvalue weighted by molar-refractivity contribution is 0.483. The van der Waals surface area contributed by atoms with Crippen LogP contribution < -0.4 is 4.18 Å². The Morgan fingerprint density at radius 2 is 1.45 bits per heavy atom. The molecule has 0 aliphatic heterocycles. The quantitative estimate of drug-likeness (QED) is 0.271. The van der Waals surface area contributed by atoms with Crippen molar-refractivity contribution in [1.29, 1.82) is 0 Å². The predicted molar refractivity (Wildman–Crippen MR) is 124 cm³/mol. The molecule has 0 spiro atoms. The number of hydrogen-bond donors (Lipinski definition) is 0. The van der Waals surface area contributed by atoms with Crippen LogP contribution in [-0.2, 0) is 10.1 Å². The first-order valence-corrected chi connectivity index (χ1v) is 11.8. The molecule has 0 atom stereocenters. The second-order valence-corrected chi connectivity index (χ2v) is 9.97. The summed E-state index contributed by atoms with van der Waals surface area (Å²) >= 11 is 6.81. The molecule has 0 aliphatic carbocycles. The number of benzene rings is 3. The van der Waals surface area contributed by atoms with E-state index in [0.717, 1.165) is 22.4 Å². The molecule has 0 aliphatic rings. The molecule has 0 N–H and O–H groups in total. The van der Waals surface area contributed by atoms with E-state index in [-0.39, 0.29) is 10.6 Å². The van der Waals surface area contributed by atoms with Gasteiger partial charge in [-0.25, -0.2) is 0 Å². The zero-order chi connectivity index (χ0) is 21.2. The molecule has 0 bridgehead atoms. The molecular weight excluding hydrogens is 518 g/mol. The average Bonchev–Trinajstić information content (AvgIpc) is 2.64. The predicted octanol–water partition coefficient (Wildman–Crippen LogP) is 6.66. The minimum absolute atomic E-state index is 0.0994. The van der Waals surface area contributed by atoms with Crippen LogP contribution in [0.1, 0.15) is 22.3 Å². The summed E-state index contributed by atoms with van der Waals surface area (Å²) in [6.45, 7) is 5.94. The summed E-state index contributed by atoms with van der Waals surface area (Å²) in [5.41, 5.74) is 4.92. The van der Waals surface area contributed by atoms with Crippen LogP contribution in [-0.4, -0.2) is 14.6 Å². The molecule has 0 aromatic heterocycles. The number of aliphatic imine (C=N–C) groups is 1. The van der Waals surface area contributed by atoms with Crippen molar-refractivity contribution in [2.75, 3.05) is 0 Å². The number of hydrogen-bond acceptors (Lipinski definition) is 4. The maximum atomic E-state index is 12.6. The normalized spacial score (nSPS) is 11.8. The van der Waals surface area contributed by atoms with Crippen LogP contribution >= 0.6 is 31.9 Å². The van der Waals surface area contributed by atoms with Gasteiger partial charge in [0.15, 0.2) is 5.75 Å². The number of nitrogens with zero attached hydrogens (tertiary/aromatic N) is 1. The van der Waals surface area contributed by atoms with Crippen molar-refractivity contribution in [1.82, 2.24) is 0 Å². The van der Waals surface area contributed by atoms with Gasteiger partial charge in [-0.3, -0.25) is 4.99 Å². The smallest absolute Gasteiger partial charge is 0.339 e. The molecule has 3 aromatic rings. The Morgan fingerprint density at radius 1 is 0.862 bits per heavy atom. The molecule has 0 radical (unpaired) electrons. The molecule has 0 heterocycles. The molecule has 3 aromatic carbocycles. The largest absolute Gasteiger partial charge is 0.377 e. The van der Waals surface area contributed by atoms with E-state index in [2.05, 4.69) is 42.9 Å². The maximum Gasteiger partial charge on any atom is 0.339 e. The lowest BCUT2D eigenvalue weighted by Crippen LogP contribution is -2.10. The van der Waals surface area contributed by atoms with Crippen molar-refractivity contribution in [2.45, 2.75) is 25.7 Å². The standard InChI is InChI=1S/C22H19Br2NO3S/c1-14-4-7-18(8-5-14)29(26,27)28-22-19(23)11-17(12-20(22)24)13-25-21-9-6-15(2)10-16(21)3/h4-13H,1-3H3. The van der Waals surface area contributed by atoms with Gasteiger partial charge < -0.3 is 4.18 Å². The van der Waals surface area contributed by atoms with Crippen molar-refractivity contribution in [2.24, 2.45) is 4.99 Å². The summed E-state index contributed by atoms with van der Waals surface area (Å²) < 4.78 is 31.6. The van der Waals surface area contributed by atoms with Gasteiger partial charge in [0.25, 0.3) is 0 Å². The summed E-state index contributed by atoms with van der Waals surface area (Å²) in [5, 5.41) is 0. The monoisotopic (exact) mass is 535 g/mol. The van der Waals surface area contributed by atoms with Gasteiger partial charge in [0.05, 0.1) is 14.6 Å². The summed E-state index contributed by atoms with van der Waals surface area (Å²) in [6, 6.07) is 16.1. The van der Waals surface area contributed by atoms with Gasteiger partial charge in [0, 0.05) is 6.21 Å². The van der Waals surface area contributed by atoms with Crippen LogP contribution in [0.25, 0.3) is 0 Å². The summed E-state index contributed by atoms with van der Waals surface area (Å²) in [7, 11) is -3.95. The van der Waals surface area contributed by atoms with Crippen molar-refractivity contribution in [3.63, 3.8) is 0 Å². The Bertz CT molecular complexity index is 1160. The third-order valence-corrected chi connectivity index (χ3v) is 6.64. The van der Waals surface area contributed by atoms with Gasteiger partial charge in [-0.05, 0) is 94.1 Å². The van der Waals surface area contributed by atoms with E-state index in [1.54, 1.807) is 30.5 Å². The maximum absolute atomic E-state index is 12.6. The van der Waals surface area contributed by atoms with Gasteiger partial charge in [0.1, 0.15) is 4.90 Å². The lowest BCUT2D eigenvalue weighted by atomic mass is 10.1. The van der Waals surface area contributed by atoms with E-state index in [0.29, 0.717) is 8.95 Å². The highest BCUT2D eigenvalue weighted by Gasteiger charge is 2.20. The van der Waals surface area contributed by atoms with Crippen molar-refractivity contribution in [3.8, 4) is 5.75 Å². The van der Waals surface area contributed by atoms with E-state index in [1.165, 1.54) is 17.7 Å². The SMILES string of the molecule is Cc1ccc(S(=O)(=O)Oc2c(Br)cc(C=Nc3ccc(C)cc3C)cc2Br)cc1. The van der Waals surface area contributed by atoms with E-state index < -0.39 is 10.1 Å². The van der Waals surface area contributed by atoms with Crippen LogP contribution in [0, 0.1) is 20.8 Å². The first kappa shape index (κ1) is 21.7. The van der Waals surface area contributed by atoms with Gasteiger partial charge in [-0.2, -0.15) is 8.42 Å². The molecule has 0 saturated carbocycles. The molecule has 0 amide bonds. The van der Waals surface area contributed by atoms with Crippen LogP contribution in [0.5, 0.6) is 5.75 Å². The Morgan fingerprint density at radius 3 is 2.03 bits per heavy atom. The van der Waals surface area contributed by atoms with Gasteiger partial charge in [-0.15, -0.1) is 0 Å². The molecule has 3 rings (SSSR count). The minimum Gasteiger partial charge on any atom is -0.377 e. The van der Waals surface area contributed by atoms with E-state index in [9.17, 15) is 8.42 Å². The van der Waals surface area contributed by atoms with E-state index in [1.807, 2.05) is 32.9 Å². The summed E-state index contributed by atoms with van der Waals surface area (Å²) in [6.07, 6.45) is 1.73. The fourth-order valence-electron chi connectivity index (χ4n) is 2.69. The highest BCUT2D eigenvalue weighted by molar-refractivity contribution is 9.11. The van der Waals surface area contributed by atoms with Crippen LogP contribution in [0.4, 0.5) is 5.69 Å². The highest BCUT2D eigenvalue weighted by atomic mass is 79.9. The van der Waals surface area contributed by atoms with E-state index in [4.69, 9.17) is 4.18 Å². The van der Waals surface area contributed by atoms with Gasteiger partial charge in [0.2, 0.25) is 0 Å². The topological polar surface area (TPSA) is 55.7 Å². The molecule has 0 unspecified atom stereocenters. The van der Waals surface area contributed by atoms with Crippen LogP contribution in [0.2, 0.25) is 0 Å². The van der Waals surface area contributed by atoms with Crippen LogP contribution in [0.15, 0.2) is 73.4 Å². The molecule has 7 heteroatoms. The summed E-state index contributed by atoms with van der Waals surface area (Å²) in [5.74, 6) is 0.189. The zero-order valence-electron chi connectivity index (χ0n) is 16.1. The Labute approximate surface area is 188 Å². The first-order valence-electron chi connectivity index (χ1n) is 8.77. The van der Waals surface area contributed by atoms with E-state index >= 15 is 0 Å². The number of rotatable bonds is 5. The zero-order valence-corrected chi connectivity index (χ0v) is 20.1. The fraction of sp³-hybridized carbons (Fsp3) is 0.136. The fourth-order valence-corrected chi connectivity index (χ4v) is 5.25. The minimum atomic E-state index is -3.95. The van der Waals surface area contributed by atoms with Gasteiger partial charge >= 0.3 is 10.1 Å². The second kappa shape index (κ2) is 8.81. The van der Waals surface area contributed by atoms with Crippen LogP contribution in [0.3, 0.4) is 0 Å². The summed E-state index contributed by atoms with van der Waals surface area (Å²) in [4.78, 5) is 4.63. The highest BCUT2D eigenvalue weighted by Crippen LogP contribution is 2.36.